The standard InChI is InChI=1S/C10H16FN3O2S/c1-7-5-10(9(12)6-8(7)11)13-3-4-14-17(2,15)16/h5-6,13-14H,3-4,12H2,1-2H3. The van der Waals surface area contributed by atoms with Crippen LogP contribution >= 0.6 is 0 Å². The zero-order chi connectivity index (χ0) is 13.1. The lowest BCUT2D eigenvalue weighted by Crippen LogP contribution is -2.27. The lowest BCUT2D eigenvalue weighted by molar-refractivity contribution is 0.589. The normalized spacial score (nSPS) is 11.5. The number of nitrogens with two attached hydrogens (primary N) is 1. The molecule has 0 radical (unpaired) electrons. The summed E-state index contributed by atoms with van der Waals surface area (Å²) in [5.41, 5.74) is 7.00. The highest BCUT2D eigenvalue weighted by molar-refractivity contribution is 7.88. The number of hydrogen-bond acceptors (Lipinski definition) is 4. The van der Waals surface area contributed by atoms with Gasteiger partial charge in [0.2, 0.25) is 10.0 Å². The zero-order valence-electron chi connectivity index (χ0n) is 9.75. The summed E-state index contributed by atoms with van der Waals surface area (Å²) in [4.78, 5) is 0. The van der Waals surface area contributed by atoms with Gasteiger partial charge in [0.25, 0.3) is 0 Å². The molecule has 0 saturated carbocycles. The van der Waals surface area contributed by atoms with E-state index < -0.39 is 10.0 Å². The van der Waals surface area contributed by atoms with Crippen LogP contribution in [0.3, 0.4) is 0 Å². The van der Waals surface area contributed by atoms with Gasteiger partial charge in [-0.2, -0.15) is 0 Å². The Morgan fingerprint density at radius 1 is 1.35 bits per heavy atom. The van der Waals surface area contributed by atoms with Gasteiger partial charge in [-0.1, -0.05) is 0 Å². The maximum Gasteiger partial charge on any atom is 0.208 e. The molecule has 0 saturated heterocycles. The molecule has 0 aromatic heterocycles. The van der Waals surface area contributed by atoms with Gasteiger partial charge in [0.15, 0.2) is 0 Å². The lowest BCUT2D eigenvalue weighted by atomic mass is 10.2. The molecule has 0 amide bonds. The highest BCUT2D eigenvalue weighted by Crippen LogP contribution is 2.21. The van der Waals surface area contributed by atoms with Crippen molar-refractivity contribution in [3.05, 3.63) is 23.5 Å². The second-order valence-corrected chi connectivity index (χ2v) is 5.61. The molecule has 17 heavy (non-hydrogen) atoms. The van der Waals surface area contributed by atoms with Crippen LogP contribution in [-0.4, -0.2) is 27.8 Å². The largest absolute Gasteiger partial charge is 0.397 e. The fourth-order valence-corrected chi connectivity index (χ4v) is 1.76. The predicted molar refractivity (Wildman–Crippen MR) is 66.9 cm³/mol. The molecule has 0 fully saturated rings. The van der Waals surface area contributed by atoms with Crippen molar-refractivity contribution in [3.63, 3.8) is 0 Å². The first-order chi connectivity index (χ1) is 7.79. The van der Waals surface area contributed by atoms with Crippen molar-refractivity contribution in [2.45, 2.75) is 6.92 Å². The molecule has 5 nitrogen and oxygen atoms in total. The van der Waals surface area contributed by atoms with Crippen LogP contribution in [-0.2, 0) is 10.0 Å². The molecule has 7 heteroatoms. The van der Waals surface area contributed by atoms with Crippen molar-refractivity contribution in [2.24, 2.45) is 0 Å². The lowest BCUT2D eigenvalue weighted by Gasteiger charge is -2.10. The van der Waals surface area contributed by atoms with E-state index in [1.54, 1.807) is 13.0 Å². The number of benzene rings is 1. The van der Waals surface area contributed by atoms with Crippen molar-refractivity contribution in [1.29, 1.82) is 0 Å². The minimum Gasteiger partial charge on any atom is -0.397 e. The van der Waals surface area contributed by atoms with Gasteiger partial charge < -0.3 is 11.1 Å². The van der Waals surface area contributed by atoms with Gasteiger partial charge in [-0.05, 0) is 24.6 Å². The zero-order valence-corrected chi connectivity index (χ0v) is 10.6. The van der Waals surface area contributed by atoms with Crippen molar-refractivity contribution in [2.75, 3.05) is 30.4 Å². The molecule has 0 bridgehead atoms. The average molecular weight is 261 g/mol. The molecule has 0 spiro atoms. The van der Waals surface area contributed by atoms with E-state index in [1.165, 1.54) is 6.07 Å². The smallest absolute Gasteiger partial charge is 0.208 e. The van der Waals surface area contributed by atoms with Crippen LogP contribution in [0, 0.1) is 12.7 Å². The predicted octanol–water partition coefficient (Wildman–Crippen LogP) is 0.677. The maximum absolute atomic E-state index is 13.1. The number of aryl methyl sites for hydroxylation is 1. The van der Waals surface area contributed by atoms with Gasteiger partial charge in [0.05, 0.1) is 17.6 Å². The monoisotopic (exact) mass is 261 g/mol. The molecule has 0 unspecified atom stereocenters. The third-order valence-electron chi connectivity index (χ3n) is 2.14. The molecule has 0 aliphatic carbocycles. The minimum atomic E-state index is -3.18. The second kappa shape index (κ2) is 5.33. The van der Waals surface area contributed by atoms with E-state index >= 15 is 0 Å². The second-order valence-electron chi connectivity index (χ2n) is 3.78. The van der Waals surface area contributed by atoms with Gasteiger partial charge in [-0.3, -0.25) is 0 Å². The van der Waals surface area contributed by atoms with Crippen LogP contribution in [0.15, 0.2) is 12.1 Å². The summed E-state index contributed by atoms with van der Waals surface area (Å²) in [5, 5.41) is 2.93. The first-order valence-corrected chi connectivity index (χ1v) is 6.93. The molecule has 0 atom stereocenters. The van der Waals surface area contributed by atoms with Gasteiger partial charge in [-0.15, -0.1) is 0 Å². The number of nitrogens with one attached hydrogen (secondary N) is 2. The van der Waals surface area contributed by atoms with E-state index in [9.17, 15) is 12.8 Å². The number of halogens is 1. The first kappa shape index (κ1) is 13.7. The van der Waals surface area contributed by atoms with Crippen LogP contribution in [0.1, 0.15) is 5.56 Å². The van der Waals surface area contributed by atoms with Crippen molar-refractivity contribution in [3.8, 4) is 0 Å². The van der Waals surface area contributed by atoms with E-state index in [4.69, 9.17) is 5.73 Å². The molecule has 1 aromatic carbocycles. The van der Waals surface area contributed by atoms with Crippen LogP contribution in [0.4, 0.5) is 15.8 Å². The Hall–Kier alpha value is -1.34. The van der Waals surface area contributed by atoms with Gasteiger partial charge in [0.1, 0.15) is 5.82 Å². The fourth-order valence-electron chi connectivity index (χ4n) is 1.28. The third-order valence-corrected chi connectivity index (χ3v) is 2.86. The summed E-state index contributed by atoms with van der Waals surface area (Å²) in [6.07, 6.45) is 1.09. The van der Waals surface area contributed by atoms with E-state index in [0.29, 0.717) is 23.5 Å². The Morgan fingerprint density at radius 3 is 2.59 bits per heavy atom. The minimum absolute atomic E-state index is 0.245. The Labute approximate surface area is 100 Å². The highest BCUT2D eigenvalue weighted by atomic mass is 32.2. The van der Waals surface area contributed by atoms with E-state index in [1.807, 2.05) is 0 Å². The SMILES string of the molecule is Cc1cc(NCCNS(C)(=O)=O)c(N)cc1F. The summed E-state index contributed by atoms with van der Waals surface area (Å²) in [5.74, 6) is -0.359. The Balaban J connectivity index is 2.55. The van der Waals surface area contributed by atoms with Gasteiger partial charge in [-0.25, -0.2) is 17.5 Å². The molecule has 4 N–H and O–H groups in total. The first-order valence-electron chi connectivity index (χ1n) is 5.04. The van der Waals surface area contributed by atoms with E-state index in [2.05, 4.69) is 10.0 Å². The summed E-state index contributed by atoms with van der Waals surface area (Å²) in [6, 6.07) is 2.83. The van der Waals surface area contributed by atoms with Crippen LogP contribution in [0.5, 0.6) is 0 Å². The highest BCUT2D eigenvalue weighted by Gasteiger charge is 2.04. The Bertz CT molecular complexity index is 503. The molecule has 1 rings (SSSR count). The fraction of sp³-hybridized carbons (Fsp3) is 0.400. The quantitative estimate of drug-likeness (QED) is 0.537. The van der Waals surface area contributed by atoms with Crippen molar-refractivity contribution >= 4 is 21.4 Å². The topological polar surface area (TPSA) is 84.2 Å². The van der Waals surface area contributed by atoms with Gasteiger partial charge in [0, 0.05) is 13.1 Å². The summed E-state index contributed by atoms with van der Waals surface area (Å²) < 4.78 is 37.0. The number of rotatable bonds is 5. The average Bonchev–Trinajstić information content (AvgIpc) is 2.18. The Morgan fingerprint density at radius 2 is 2.00 bits per heavy atom. The molecule has 0 heterocycles. The van der Waals surface area contributed by atoms with Crippen molar-refractivity contribution < 1.29 is 12.8 Å². The molecule has 1 aromatic rings. The number of anilines is 2. The number of hydrogen-bond donors (Lipinski definition) is 3. The van der Waals surface area contributed by atoms with Crippen molar-refractivity contribution in [1.82, 2.24) is 4.72 Å². The van der Waals surface area contributed by atoms with Crippen LogP contribution < -0.4 is 15.8 Å². The van der Waals surface area contributed by atoms with Crippen LogP contribution in [0.2, 0.25) is 0 Å². The number of sulfonamides is 1. The summed E-state index contributed by atoms with van der Waals surface area (Å²) >= 11 is 0. The van der Waals surface area contributed by atoms with E-state index in [-0.39, 0.29) is 12.4 Å². The van der Waals surface area contributed by atoms with Gasteiger partial charge >= 0.3 is 0 Å². The molecular formula is C10H16FN3O2S. The molecular weight excluding hydrogens is 245 g/mol. The van der Waals surface area contributed by atoms with Crippen LogP contribution in [0.25, 0.3) is 0 Å². The Kier molecular flexibility index (Phi) is 4.30. The molecule has 0 aliphatic rings. The maximum atomic E-state index is 13.1. The summed E-state index contributed by atoms with van der Waals surface area (Å²) in [6.45, 7) is 2.26. The molecule has 96 valence electrons. The third kappa shape index (κ3) is 4.58. The van der Waals surface area contributed by atoms with E-state index in [0.717, 1.165) is 6.26 Å². The number of nitrogen functional groups attached to an aromatic ring is 1. The summed E-state index contributed by atoms with van der Waals surface area (Å²) in [7, 11) is -3.18. The molecule has 0 aliphatic heterocycles.